The van der Waals surface area contributed by atoms with Crippen LogP contribution >= 0.6 is 46.4 Å². The number of ether oxygens (including phenoxy) is 1. The molecule has 4 rings (SSSR count). The number of rotatable bonds is 5. The number of nitrogens with zero attached hydrogens (tertiary/aromatic N) is 1. The van der Waals surface area contributed by atoms with Crippen LogP contribution < -0.4 is 15.0 Å². The van der Waals surface area contributed by atoms with Crippen molar-refractivity contribution in [3.05, 3.63) is 97.5 Å². The van der Waals surface area contributed by atoms with Crippen molar-refractivity contribution in [1.82, 2.24) is 5.32 Å². The first-order valence-electron chi connectivity index (χ1n) is 9.77. The smallest absolute Gasteiger partial charge is 0.335 e. The molecule has 0 aromatic heterocycles. The van der Waals surface area contributed by atoms with E-state index in [-0.39, 0.29) is 38.7 Å². The van der Waals surface area contributed by atoms with Gasteiger partial charge < -0.3 is 4.74 Å². The van der Waals surface area contributed by atoms with Gasteiger partial charge in [0.25, 0.3) is 11.8 Å². The van der Waals surface area contributed by atoms with Crippen molar-refractivity contribution in [2.24, 2.45) is 0 Å². The Hall–Kier alpha value is -3.03. The summed E-state index contributed by atoms with van der Waals surface area (Å²) in [4.78, 5) is 38.6. The molecule has 1 aliphatic heterocycles. The van der Waals surface area contributed by atoms with Gasteiger partial charge in [-0.15, -0.1) is 0 Å². The number of carbonyl (C=O) groups excluding carboxylic acids is 3. The van der Waals surface area contributed by atoms with Crippen LogP contribution in [-0.2, 0) is 16.2 Å². The van der Waals surface area contributed by atoms with Gasteiger partial charge in [0, 0.05) is 10.6 Å². The lowest BCUT2D eigenvalue weighted by Gasteiger charge is -2.27. The van der Waals surface area contributed by atoms with Gasteiger partial charge in [0.15, 0.2) is 5.75 Å². The SMILES string of the molecule is O=C1NC(=O)N(c2ccccc2Cl)C(=O)/C1=C/c1cc(Cl)c(OCc2ccccc2Cl)c(Cl)c1. The molecule has 3 aromatic rings. The van der Waals surface area contributed by atoms with Crippen LogP contribution in [0, 0.1) is 0 Å². The Labute approximate surface area is 214 Å². The number of urea groups is 1. The van der Waals surface area contributed by atoms with Gasteiger partial charge in [-0.05, 0) is 42.0 Å². The van der Waals surface area contributed by atoms with Gasteiger partial charge >= 0.3 is 6.03 Å². The van der Waals surface area contributed by atoms with E-state index in [9.17, 15) is 14.4 Å². The van der Waals surface area contributed by atoms with E-state index in [2.05, 4.69) is 5.32 Å². The summed E-state index contributed by atoms with van der Waals surface area (Å²) >= 11 is 25.0. The molecule has 0 unspecified atom stereocenters. The van der Waals surface area contributed by atoms with Gasteiger partial charge in [0.05, 0.1) is 20.8 Å². The molecule has 172 valence electrons. The van der Waals surface area contributed by atoms with Crippen molar-refractivity contribution < 1.29 is 19.1 Å². The molecule has 0 radical (unpaired) electrons. The summed E-state index contributed by atoms with van der Waals surface area (Å²) in [7, 11) is 0. The summed E-state index contributed by atoms with van der Waals surface area (Å²) in [6.45, 7) is 0.134. The predicted octanol–water partition coefficient (Wildman–Crippen LogP) is 6.55. The second-order valence-electron chi connectivity index (χ2n) is 7.10. The monoisotopic (exact) mass is 534 g/mol. The van der Waals surface area contributed by atoms with Crippen LogP contribution in [0.1, 0.15) is 11.1 Å². The quantitative estimate of drug-likeness (QED) is 0.297. The number of hydrogen-bond acceptors (Lipinski definition) is 4. The van der Waals surface area contributed by atoms with E-state index in [0.717, 1.165) is 10.5 Å². The number of halogens is 4. The van der Waals surface area contributed by atoms with Gasteiger partial charge in [-0.2, -0.15) is 0 Å². The van der Waals surface area contributed by atoms with Crippen LogP contribution in [-0.4, -0.2) is 17.8 Å². The van der Waals surface area contributed by atoms with Crippen molar-refractivity contribution in [2.75, 3.05) is 4.90 Å². The fourth-order valence-electron chi connectivity index (χ4n) is 3.24. The average Bonchev–Trinajstić information content (AvgIpc) is 2.78. The van der Waals surface area contributed by atoms with Crippen LogP contribution in [0.5, 0.6) is 5.75 Å². The minimum Gasteiger partial charge on any atom is -0.486 e. The highest BCUT2D eigenvalue weighted by atomic mass is 35.5. The highest BCUT2D eigenvalue weighted by Crippen LogP contribution is 2.36. The van der Waals surface area contributed by atoms with E-state index in [1.54, 1.807) is 24.3 Å². The molecule has 0 atom stereocenters. The van der Waals surface area contributed by atoms with Gasteiger partial charge in [0.2, 0.25) is 0 Å². The summed E-state index contributed by atoms with van der Waals surface area (Å²) in [5.74, 6) is -1.48. The molecule has 0 bridgehead atoms. The van der Waals surface area contributed by atoms with Crippen molar-refractivity contribution in [1.29, 1.82) is 0 Å². The van der Waals surface area contributed by atoms with E-state index in [0.29, 0.717) is 10.6 Å². The molecule has 0 aliphatic carbocycles. The number of hydrogen-bond donors (Lipinski definition) is 1. The summed E-state index contributed by atoms with van der Waals surface area (Å²) in [6, 6.07) is 15.5. The van der Waals surface area contributed by atoms with Gasteiger partial charge in [-0.3, -0.25) is 14.9 Å². The lowest BCUT2D eigenvalue weighted by atomic mass is 10.1. The van der Waals surface area contributed by atoms with Crippen molar-refractivity contribution in [3.63, 3.8) is 0 Å². The Kier molecular flexibility index (Phi) is 7.14. The summed E-state index contributed by atoms with van der Waals surface area (Å²) in [5, 5.41) is 3.17. The van der Waals surface area contributed by atoms with Crippen molar-refractivity contribution in [2.45, 2.75) is 6.61 Å². The molecular formula is C24H14Cl4N2O4. The molecule has 3 aromatic carbocycles. The fraction of sp³-hybridized carbons (Fsp3) is 0.0417. The number of amides is 4. The lowest BCUT2D eigenvalue weighted by Crippen LogP contribution is -2.54. The van der Waals surface area contributed by atoms with Crippen LogP contribution in [0.15, 0.2) is 66.2 Å². The predicted molar refractivity (Wildman–Crippen MR) is 133 cm³/mol. The minimum atomic E-state index is -0.903. The third kappa shape index (κ3) is 4.91. The van der Waals surface area contributed by atoms with Gasteiger partial charge in [-0.25, -0.2) is 9.69 Å². The van der Waals surface area contributed by atoms with E-state index in [1.165, 1.54) is 30.3 Å². The number of barbiturate groups is 1. The van der Waals surface area contributed by atoms with Crippen molar-refractivity contribution in [3.8, 4) is 5.75 Å². The minimum absolute atomic E-state index is 0.134. The largest absolute Gasteiger partial charge is 0.486 e. The maximum atomic E-state index is 13.0. The summed E-state index contributed by atoms with van der Waals surface area (Å²) in [5.41, 5.74) is 0.948. The molecule has 0 saturated carbocycles. The first-order valence-corrected chi connectivity index (χ1v) is 11.3. The first-order chi connectivity index (χ1) is 16.3. The number of nitrogens with one attached hydrogen (secondary N) is 1. The third-order valence-corrected chi connectivity index (χ3v) is 6.11. The maximum Gasteiger partial charge on any atom is 0.335 e. The van der Waals surface area contributed by atoms with Gasteiger partial charge in [0.1, 0.15) is 12.2 Å². The van der Waals surface area contributed by atoms with Crippen LogP contribution in [0.2, 0.25) is 20.1 Å². The zero-order valence-corrected chi connectivity index (χ0v) is 20.2. The van der Waals surface area contributed by atoms with E-state index in [1.807, 2.05) is 12.1 Å². The number of para-hydroxylation sites is 1. The first kappa shape index (κ1) is 24.1. The van der Waals surface area contributed by atoms with E-state index in [4.69, 9.17) is 51.1 Å². The molecule has 4 amide bonds. The van der Waals surface area contributed by atoms with Crippen LogP contribution in [0.25, 0.3) is 6.08 Å². The number of imide groups is 2. The van der Waals surface area contributed by atoms with E-state index >= 15 is 0 Å². The second kappa shape index (κ2) is 10.1. The van der Waals surface area contributed by atoms with Crippen LogP contribution in [0.3, 0.4) is 0 Å². The Morgan fingerprint density at radius 3 is 2.09 bits per heavy atom. The highest BCUT2D eigenvalue weighted by Gasteiger charge is 2.37. The molecule has 10 heteroatoms. The molecule has 0 spiro atoms. The normalized spacial score (nSPS) is 15.0. The molecule has 1 heterocycles. The van der Waals surface area contributed by atoms with Crippen LogP contribution in [0.4, 0.5) is 10.5 Å². The Bertz CT molecular complexity index is 1330. The maximum absolute atomic E-state index is 13.0. The molecular weight excluding hydrogens is 522 g/mol. The number of anilines is 1. The Balaban J connectivity index is 1.63. The molecule has 34 heavy (non-hydrogen) atoms. The molecule has 1 saturated heterocycles. The van der Waals surface area contributed by atoms with Gasteiger partial charge in [-0.1, -0.05) is 76.7 Å². The highest BCUT2D eigenvalue weighted by molar-refractivity contribution is 6.42. The Morgan fingerprint density at radius 1 is 0.824 bits per heavy atom. The summed E-state index contributed by atoms with van der Waals surface area (Å²) < 4.78 is 5.74. The molecule has 6 nitrogen and oxygen atoms in total. The third-order valence-electron chi connectivity index (χ3n) is 4.86. The second-order valence-corrected chi connectivity index (χ2v) is 8.73. The fourth-order valence-corrected chi connectivity index (χ4v) is 4.27. The zero-order chi connectivity index (χ0) is 24.4. The molecule has 1 aliphatic rings. The number of carbonyl (C=O) groups is 3. The zero-order valence-electron chi connectivity index (χ0n) is 17.2. The number of benzene rings is 3. The van der Waals surface area contributed by atoms with E-state index < -0.39 is 17.8 Å². The standard InChI is InChI=1S/C24H14Cl4N2O4/c25-16-6-2-1-5-14(16)12-34-21-18(27)10-13(11-19(21)28)9-15-22(31)29-24(33)30(23(15)32)20-8-4-3-7-17(20)26/h1-11H,12H2,(H,29,31,33)/b15-9+. The summed E-state index contributed by atoms with van der Waals surface area (Å²) in [6.07, 6.45) is 1.28. The topological polar surface area (TPSA) is 75.7 Å². The Morgan fingerprint density at radius 2 is 1.44 bits per heavy atom. The van der Waals surface area contributed by atoms with Crippen molar-refractivity contribution >= 4 is 76.0 Å². The molecule has 1 fully saturated rings. The lowest BCUT2D eigenvalue weighted by molar-refractivity contribution is -0.122. The average molecular weight is 536 g/mol. The molecule has 1 N–H and O–H groups in total.